The number of ether oxygens (including phenoxy) is 2. The molecule has 1 aliphatic rings. The molecule has 2 N–H and O–H groups in total. The lowest BCUT2D eigenvalue weighted by Gasteiger charge is -2.12. The third-order valence-electron chi connectivity index (χ3n) is 2.92. The SMILES string of the molecule is Cc1cc(C(=O)OC2CCOC2)cc(S(N)(=O)=O)c1Cl. The maximum atomic E-state index is 12.0. The normalized spacial score (nSPS) is 19.1. The molecule has 1 heterocycles. The monoisotopic (exact) mass is 319 g/mol. The summed E-state index contributed by atoms with van der Waals surface area (Å²) in [5, 5.41) is 5.08. The highest BCUT2D eigenvalue weighted by atomic mass is 35.5. The summed E-state index contributed by atoms with van der Waals surface area (Å²) in [4.78, 5) is 11.7. The van der Waals surface area contributed by atoms with Gasteiger partial charge in [0.05, 0.1) is 23.8 Å². The minimum Gasteiger partial charge on any atom is -0.456 e. The standard InChI is InChI=1S/C12H14ClNO5S/c1-7-4-8(5-10(11(7)13)20(14,16)17)12(15)19-9-2-3-18-6-9/h4-5,9H,2-3,6H2,1H3,(H2,14,16,17). The number of halogens is 1. The quantitative estimate of drug-likeness (QED) is 0.846. The number of aryl methyl sites for hydroxylation is 1. The largest absolute Gasteiger partial charge is 0.456 e. The Balaban J connectivity index is 2.32. The van der Waals surface area contributed by atoms with Gasteiger partial charge < -0.3 is 9.47 Å². The minimum absolute atomic E-state index is 0.00764. The summed E-state index contributed by atoms with van der Waals surface area (Å²) in [5.41, 5.74) is 0.538. The second-order valence-electron chi connectivity index (χ2n) is 4.54. The van der Waals surface area contributed by atoms with E-state index in [1.807, 2.05) is 0 Å². The maximum absolute atomic E-state index is 12.0. The Morgan fingerprint density at radius 2 is 2.20 bits per heavy atom. The number of carbonyl (C=O) groups excluding carboxylic acids is 1. The average Bonchev–Trinajstić information content (AvgIpc) is 2.83. The average molecular weight is 320 g/mol. The number of rotatable bonds is 3. The number of esters is 1. The molecule has 0 spiro atoms. The van der Waals surface area contributed by atoms with Crippen molar-refractivity contribution in [2.75, 3.05) is 13.2 Å². The van der Waals surface area contributed by atoms with Gasteiger partial charge in [-0.25, -0.2) is 18.4 Å². The second kappa shape index (κ2) is 5.69. The van der Waals surface area contributed by atoms with Crippen molar-refractivity contribution in [3.63, 3.8) is 0 Å². The van der Waals surface area contributed by atoms with Crippen LogP contribution >= 0.6 is 11.6 Å². The van der Waals surface area contributed by atoms with Gasteiger partial charge in [0.1, 0.15) is 11.0 Å². The summed E-state index contributed by atoms with van der Waals surface area (Å²) in [6.45, 7) is 2.48. The molecule has 1 saturated heterocycles. The van der Waals surface area contributed by atoms with E-state index < -0.39 is 16.0 Å². The van der Waals surface area contributed by atoms with Crippen LogP contribution < -0.4 is 5.14 Å². The van der Waals surface area contributed by atoms with Crippen LogP contribution in [0.2, 0.25) is 5.02 Å². The molecular formula is C12H14ClNO5S. The summed E-state index contributed by atoms with van der Waals surface area (Å²) >= 11 is 5.89. The van der Waals surface area contributed by atoms with Gasteiger partial charge in [0.25, 0.3) is 0 Å². The number of hydrogen-bond acceptors (Lipinski definition) is 5. The minimum atomic E-state index is -4.00. The van der Waals surface area contributed by atoms with Crippen LogP contribution in [0.15, 0.2) is 17.0 Å². The lowest BCUT2D eigenvalue weighted by Crippen LogP contribution is -2.19. The van der Waals surface area contributed by atoms with Crippen LogP contribution in [-0.4, -0.2) is 33.7 Å². The molecule has 20 heavy (non-hydrogen) atoms. The molecule has 1 atom stereocenters. The molecule has 0 saturated carbocycles. The van der Waals surface area contributed by atoms with Crippen molar-refractivity contribution < 1.29 is 22.7 Å². The molecule has 2 rings (SSSR count). The number of nitrogens with two attached hydrogens (primary N) is 1. The van der Waals surface area contributed by atoms with E-state index in [0.29, 0.717) is 25.2 Å². The van der Waals surface area contributed by atoms with Gasteiger partial charge in [0.2, 0.25) is 10.0 Å². The Labute approximate surface area is 121 Å². The van der Waals surface area contributed by atoms with Gasteiger partial charge in [-0.05, 0) is 24.6 Å². The van der Waals surface area contributed by atoms with E-state index in [1.54, 1.807) is 6.92 Å². The Morgan fingerprint density at radius 3 is 2.75 bits per heavy atom. The predicted octanol–water partition coefficient (Wildman–Crippen LogP) is 1.24. The van der Waals surface area contributed by atoms with Crippen molar-refractivity contribution in [1.29, 1.82) is 0 Å². The van der Waals surface area contributed by atoms with Crippen LogP contribution in [-0.2, 0) is 19.5 Å². The summed E-state index contributed by atoms with van der Waals surface area (Å²) in [7, 11) is -4.00. The van der Waals surface area contributed by atoms with E-state index in [-0.39, 0.29) is 21.6 Å². The van der Waals surface area contributed by atoms with Gasteiger partial charge in [-0.3, -0.25) is 0 Å². The van der Waals surface area contributed by atoms with E-state index >= 15 is 0 Å². The number of primary sulfonamides is 1. The molecule has 1 fully saturated rings. The molecule has 110 valence electrons. The van der Waals surface area contributed by atoms with Crippen molar-refractivity contribution in [1.82, 2.24) is 0 Å². The molecule has 0 amide bonds. The molecule has 0 bridgehead atoms. The lowest BCUT2D eigenvalue weighted by molar-refractivity contribution is 0.0270. The first-order valence-corrected chi connectivity index (χ1v) is 7.83. The number of hydrogen-bond donors (Lipinski definition) is 1. The highest BCUT2D eigenvalue weighted by Gasteiger charge is 2.23. The molecule has 6 nitrogen and oxygen atoms in total. The van der Waals surface area contributed by atoms with Crippen molar-refractivity contribution in [3.8, 4) is 0 Å². The van der Waals surface area contributed by atoms with Crippen molar-refractivity contribution in [3.05, 3.63) is 28.3 Å². The third kappa shape index (κ3) is 3.29. The van der Waals surface area contributed by atoms with Gasteiger partial charge in [-0.1, -0.05) is 11.6 Å². The molecule has 1 aromatic carbocycles. The van der Waals surface area contributed by atoms with Gasteiger partial charge in [-0.2, -0.15) is 0 Å². The maximum Gasteiger partial charge on any atom is 0.338 e. The molecule has 1 aromatic rings. The molecule has 8 heteroatoms. The highest BCUT2D eigenvalue weighted by molar-refractivity contribution is 7.89. The number of carbonyl (C=O) groups is 1. The highest BCUT2D eigenvalue weighted by Crippen LogP contribution is 2.26. The van der Waals surface area contributed by atoms with E-state index in [1.165, 1.54) is 6.07 Å². The van der Waals surface area contributed by atoms with Crippen LogP contribution in [0.1, 0.15) is 22.3 Å². The van der Waals surface area contributed by atoms with Gasteiger partial charge in [-0.15, -0.1) is 0 Å². The van der Waals surface area contributed by atoms with Gasteiger partial charge in [0, 0.05) is 6.42 Å². The number of benzene rings is 1. The first-order valence-electron chi connectivity index (χ1n) is 5.90. The fourth-order valence-electron chi connectivity index (χ4n) is 1.89. The zero-order chi connectivity index (χ0) is 14.9. The van der Waals surface area contributed by atoms with Crippen molar-refractivity contribution >= 4 is 27.6 Å². The zero-order valence-corrected chi connectivity index (χ0v) is 12.3. The predicted molar refractivity (Wildman–Crippen MR) is 72.2 cm³/mol. The topological polar surface area (TPSA) is 95.7 Å². The molecule has 0 aliphatic carbocycles. The van der Waals surface area contributed by atoms with Crippen LogP contribution in [0.3, 0.4) is 0 Å². The smallest absolute Gasteiger partial charge is 0.338 e. The zero-order valence-electron chi connectivity index (χ0n) is 10.8. The Kier molecular flexibility index (Phi) is 4.33. The Hall–Kier alpha value is -1.15. The lowest BCUT2D eigenvalue weighted by atomic mass is 10.1. The van der Waals surface area contributed by atoms with E-state index in [4.69, 9.17) is 26.2 Å². The molecular weight excluding hydrogens is 306 g/mol. The van der Waals surface area contributed by atoms with E-state index in [9.17, 15) is 13.2 Å². The van der Waals surface area contributed by atoms with Crippen molar-refractivity contribution in [2.24, 2.45) is 5.14 Å². The van der Waals surface area contributed by atoms with E-state index in [2.05, 4.69) is 0 Å². The molecule has 0 radical (unpaired) electrons. The first-order chi connectivity index (χ1) is 9.29. The molecule has 1 unspecified atom stereocenters. The summed E-state index contributed by atoms with van der Waals surface area (Å²) in [6, 6.07) is 2.60. The first kappa shape index (κ1) is 15.2. The van der Waals surface area contributed by atoms with Gasteiger partial charge in [0.15, 0.2) is 0 Å². The van der Waals surface area contributed by atoms with Crippen LogP contribution in [0.25, 0.3) is 0 Å². The van der Waals surface area contributed by atoms with Crippen LogP contribution in [0.4, 0.5) is 0 Å². The summed E-state index contributed by atoms with van der Waals surface area (Å²) < 4.78 is 33.2. The third-order valence-corrected chi connectivity index (χ3v) is 4.47. The fourth-order valence-corrected chi connectivity index (χ4v) is 3.02. The Morgan fingerprint density at radius 1 is 1.50 bits per heavy atom. The summed E-state index contributed by atoms with van der Waals surface area (Å²) in [6.07, 6.45) is 0.316. The van der Waals surface area contributed by atoms with E-state index in [0.717, 1.165) is 6.07 Å². The van der Waals surface area contributed by atoms with Gasteiger partial charge >= 0.3 is 5.97 Å². The van der Waals surface area contributed by atoms with Crippen molar-refractivity contribution in [2.45, 2.75) is 24.3 Å². The second-order valence-corrected chi connectivity index (χ2v) is 6.45. The summed E-state index contributed by atoms with van der Waals surface area (Å²) in [5.74, 6) is -0.620. The molecule has 0 aromatic heterocycles. The van der Waals surface area contributed by atoms with Crippen LogP contribution in [0.5, 0.6) is 0 Å². The Bertz CT molecular complexity index is 637. The number of sulfonamides is 1. The van der Waals surface area contributed by atoms with Crippen LogP contribution in [0, 0.1) is 6.92 Å². The fraction of sp³-hybridized carbons (Fsp3) is 0.417. The molecule has 1 aliphatic heterocycles.